The predicted octanol–water partition coefficient (Wildman–Crippen LogP) is 3.89. The van der Waals surface area contributed by atoms with Crippen LogP contribution in [-0.2, 0) is 11.3 Å². The van der Waals surface area contributed by atoms with Crippen molar-refractivity contribution in [2.75, 3.05) is 7.05 Å². The first-order valence-electron chi connectivity index (χ1n) is 5.03. The van der Waals surface area contributed by atoms with Gasteiger partial charge in [-0.2, -0.15) is 0 Å². The Morgan fingerprint density at radius 1 is 1.56 bits per heavy atom. The molecule has 2 nitrogen and oxygen atoms in total. The Hall–Kier alpha value is 0.130. The van der Waals surface area contributed by atoms with Crippen LogP contribution in [0.3, 0.4) is 0 Å². The van der Waals surface area contributed by atoms with Crippen LogP contribution in [0.5, 0.6) is 0 Å². The quantitative estimate of drug-likeness (QED) is 0.738. The molecule has 1 unspecified atom stereocenters. The highest BCUT2D eigenvalue weighted by molar-refractivity contribution is 9.10. The molecule has 0 aromatic carbocycles. The van der Waals surface area contributed by atoms with Crippen LogP contribution in [0.1, 0.15) is 18.7 Å². The van der Waals surface area contributed by atoms with Crippen LogP contribution in [0.25, 0.3) is 0 Å². The summed E-state index contributed by atoms with van der Waals surface area (Å²) in [6, 6.07) is 2.05. The maximum atomic E-state index is 12.0. The molecule has 16 heavy (non-hydrogen) atoms. The fourth-order valence-corrected chi connectivity index (χ4v) is 3.10. The van der Waals surface area contributed by atoms with Crippen LogP contribution in [0.4, 0.5) is 0 Å². The molecule has 1 aromatic heterocycles. The number of rotatable bonds is 4. The number of hydrogen-bond acceptors (Lipinski definition) is 2. The first-order chi connectivity index (χ1) is 7.41. The standard InChI is InChI=1S/C11H15Br2NOS/c1-7(2)10(13)11(15)14(3)5-9-4-8(12)6-16-9/h4,6-7,10H,5H2,1-3H3. The van der Waals surface area contributed by atoms with Gasteiger partial charge in [-0.1, -0.05) is 29.8 Å². The summed E-state index contributed by atoms with van der Waals surface area (Å²) in [6.07, 6.45) is 0. The van der Waals surface area contributed by atoms with Crippen molar-refractivity contribution in [1.82, 2.24) is 4.90 Å². The Morgan fingerprint density at radius 2 is 2.19 bits per heavy atom. The van der Waals surface area contributed by atoms with Gasteiger partial charge in [-0.3, -0.25) is 4.79 Å². The van der Waals surface area contributed by atoms with Crippen molar-refractivity contribution in [3.63, 3.8) is 0 Å². The number of hydrogen-bond donors (Lipinski definition) is 0. The van der Waals surface area contributed by atoms with E-state index in [0.29, 0.717) is 12.5 Å². The molecule has 0 saturated heterocycles. The second-order valence-corrected chi connectivity index (χ2v) is 6.97. The molecule has 1 aromatic rings. The van der Waals surface area contributed by atoms with Crippen molar-refractivity contribution in [3.05, 3.63) is 20.8 Å². The largest absolute Gasteiger partial charge is 0.340 e. The molecule has 0 fully saturated rings. The average Bonchev–Trinajstić information content (AvgIpc) is 2.61. The Kier molecular flexibility index (Phi) is 5.47. The smallest absolute Gasteiger partial charge is 0.236 e. The monoisotopic (exact) mass is 367 g/mol. The van der Waals surface area contributed by atoms with Crippen LogP contribution in [0.2, 0.25) is 0 Å². The van der Waals surface area contributed by atoms with Crippen LogP contribution in [0, 0.1) is 5.92 Å². The lowest BCUT2D eigenvalue weighted by molar-refractivity contribution is -0.130. The van der Waals surface area contributed by atoms with Gasteiger partial charge < -0.3 is 4.90 Å². The van der Waals surface area contributed by atoms with Gasteiger partial charge in [0.1, 0.15) is 0 Å². The second kappa shape index (κ2) is 6.17. The van der Waals surface area contributed by atoms with E-state index in [1.807, 2.05) is 32.3 Å². The zero-order valence-corrected chi connectivity index (χ0v) is 13.5. The van der Waals surface area contributed by atoms with E-state index >= 15 is 0 Å². The van der Waals surface area contributed by atoms with Gasteiger partial charge in [0.15, 0.2) is 0 Å². The van der Waals surface area contributed by atoms with Gasteiger partial charge in [-0.15, -0.1) is 11.3 Å². The Balaban J connectivity index is 2.58. The number of halogens is 2. The fourth-order valence-electron chi connectivity index (χ4n) is 1.24. The van der Waals surface area contributed by atoms with E-state index in [0.717, 1.165) is 4.47 Å². The van der Waals surface area contributed by atoms with E-state index < -0.39 is 0 Å². The summed E-state index contributed by atoms with van der Waals surface area (Å²) in [5.74, 6) is 0.449. The predicted molar refractivity (Wildman–Crippen MR) is 76.0 cm³/mol. The number of nitrogens with zero attached hydrogens (tertiary/aromatic N) is 1. The van der Waals surface area contributed by atoms with E-state index in [-0.39, 0.29) is 10.7 Å². The molecular formula is C11H15Br2NOS. The highest BCUT2D eigenvalue weighted by Crippen LogP contribution is 2.22. The van der Waals surface area contributed by atoms with Crippen molar-refractivity contribution in [3.8, 4) is 0 Å². The maximum Gasteiger partial charge on any atom is 0.236 e. The summed E-state index contributed by atoms with van der Waals surface area (Å²) in [4.78, 5) is 14.8. The first-order valence-corrected chi connectivity index (χ1v) is 7.62. The number of thiophene rings is 1. The highest BCUT2D eigenvalue weighted by atomic mass is 79.9. The molecule has 0 radical (unpaired) electrons. The molecule has 0 bridgehead atoms. The normalized spacial score (nSPS) is 12.9. The average molecular weight is 369 g/mol. The van der Waals surface area contributed by atoms with Crippen molar-refractivity contribution in [2.24, 2.45) is 5.92 Å². The van der Waals surface area contributed by atoms with E-state index in [1.54, 1.807) is 16.2 Å². The summed E-state index contributed by atoms with van der Waals surface area (Å²) >= 11 is 8.50. The summed E-state index contributed by atoms with van der Waals surface area (Å²) in [5, 5.41) is 2.03. The molecule has 5 heteroatoms. The zero-order chi connectivity index (χ0) is 12.3. The topological polar surface area (TPSA) is 20.3 Å². The summed E-state index contributed by atoms with van der Waals surface area (Å²) < 4.78 is 1.08. The minimum absolute atomic E-state index is 0.0964. The number of carbonyl (C=O) groups is 1. The lowest BCUT2D eigenvalue weighted by atomic mass is 10.1. The molecule has 0 aliphatic carbocycles. The SMILES string of the molecule is CC(C)C(Br)C(=O)N(C)Cc1cc(Br)cs1. The Bertz CT molecular complexity index is 365. The first kappa shape index (κ1) is 14.2. The lowest BCUT2D eigenvalue weighted by Gasteiger charge is -2.21. The van der Waals surface area contributed by atoms with Gasteiger partial charge in [-0.25, -0.2) is 0 Å². The lowest BCUT2D eigenvalue weighted by Crippen LogP contribution is -2.35. The molecular weight excluding hydrogens is 354 g/mol. The highest BCUT2D eigenvalue weighted by Gasteiger charge is 2.22. The van der Waals surface area contributed by atoms with Gasteiger partial charge in [0.05, 0.1) is 11.4 Å². The van der Waals surface area contributed by atoms with Crippen LogP contribution in [-0.4, -0.2) is 22.7 Å². The van der Waals surface area contributed by atoms with Crippen molar-refractivity contribution in [2.45, 2.75) is 25.2 Å². The maximum absolute atomic E-state index is 12.0. The summed E-state index contributed by atoms with van der Waals surface area (Å²) in [7, 11) is 1.84. The Labute approximate surface area is 117 Å². The van der Waals surface area contributed by atoms with Crippen LogP contribution in [0.15, 0.2) is 15.9 Å². The number of alkyl halides is 1. The molecule has 0 spiro atoms. The zero-order valence-electron chi connectivity index (χ0n) is 9.54. The van der Waals surface area contributed by atoms with Gasteiger partial charge >= 0.3 is 0 Å². The van der Waals surface area contributed by atoms with E-state index in [9.17, 15) is 4.79 Å². The van der Waals surface area contributed by atoms with Crippen molar-refractivity contribution < 1.29 is 4.79 Å². The molecule has 0 aliphatic rings. The number of carbonyl (C=O) groups excluding carboxylic acids is 1. The van der Waals surface area contributed by atoms with Gasteiger partial charge in [0.25, 0.3) is 0 Å². The van der Waals surface area contributed by atoms with Gasteiger partial charge in [0, 0.05) is 21.8 Å². The molecule has 0 aliphatic heterocycles. The summed E-state index contributed by atoms with van der Waals surface area (Å²) in [6.45, 7) is 4.74. The van der Waals surface area contributed by atoms with Crippen LogP contribution >= 0.6 is 43.2 Å². The van der Waals surface area contributed by atoms with Crippen LogP contribution < -0.4 is 0 Å². The number of amides is 1. The Morgan fingerprint density at radius 3 is 2.62 bits per heavy atom. The van der Waals surface area contributed by atoms with Gasteiger partial charge in [0.2, 0.25) is 5.91 Å². The third-order valence-electron chi connectivity index (χ3n) is 2.21. The van der Waals surface area contributed by atoms with E-state index in [2.05, 4.69) is 31.9 Å². The van der Waals surface area contributed by atoms with E-state index in [4.69, 9.17) is 0 Å². The van der Waals surface area contributed by atoms with Gasteiger partial charge in [-0.05, 0) is 27.9 Å². The van der Waals surface area contributed by atoms with Crippen molar-refractivity contribution in [1.29, 1.82) is 0 Å². The molecule has 1 amide bonds. The third-order valence-corrected chi connectivity index (χ3v) is 5.34. The molecule has 1 rings (SSSR count). The summed E-state index contributed by atoms with van der Waals surface area (Å²) in [5.41, 5.74) is 0. The van der Waals surface area contributed by atoms with Crippen molar-refractivity contribution >= 4 is 49.1 Å². The molecule has 1 atom stereocenters. The minimum atomic E-state index is -0.0964. The fraction of sp³-hybridized carbons (Fsp3) is 0.545. The molecule has 0 saturated carbocycles. The van der Waals surface area contributed by atoms with E-state index in [1.165, 1.54) is 4.88 Å². The second-order valence-electron chi connectivity index (χ2n) is 4.07. The molecule has 90 valence electrons. The molecule has 1 heterocycles. The minimum Gasteiger partial charge on any atom is -0.340 e. The molecule has 0 N–H and O–H groups in total. The third kappa shape index (κ3) is 3.86.